The van der Waals surface area contributed by atoms with Crippen LogP contribution in [0.2, 0.25) is 0 Å². The van der Waals surface area contributed by atoms with Gasteiger partial charge in [-0.1, -0.05) is 12.7 Å². The molecule has 0 saturated heterocycles. The van der Waals surface area contributed by atoms with E-state index in [1.807, 2.05) is 0 Å². The van der Waals surface area contributed by atoms with E-state index in [1.54, 1.807) is 4.98 Å². The van der Waals surface area contributed by atoms with Crippen LogP contribution in [0, 0.1) is 0 Å². The van der Waals surface area contributed by atoms with Crippen molar-refractivity contribution in [3.05, 3.63) is 40.6 Å². The highest BCUT2D eigenvalue weighted by Gasteiger charge is 2.34. The SMILES string of the molecule is C=Cc1cnc2c(=O)[nH]c(C(F)(F)F)nc2c1. The molecular weight excluding hydrogens is 235 g/mol. The quantitative estimate of drug-likeness (QED) is 0.830. The molecule has 0 unspecified atom stereocenters. The molecule has 0 radical (unpaired) electrons. The first-order chi connectivity index (χ1) is 7.91. The molecule has 7 heteroatoms. The summed E-state index contributed by atoms with van der Waals surface area (Å²) in [6.07, 6.45) is -1.96. The minimum atomic E-state index is -4.70. The lowest BCUT2D eigenvalue weighted by Gasteiger charge is -2.06. The van der Waals surface area contributed by atoms with Gasteiger partial charge in [-0.2, -0.15) is 13.2 Å². The summed E-state index contributed by atoms with van der Waals surface area (Å²) < 4.78 is 37.2. The third-order valence-corrected chi connectivity index (χ3v) is 2.07. The molecule has 17 heavy (non-hydrogen) atoms. The third kappa shape index (κ3) is 2.03. The van der Waals surface area contributed by atoms with Crippen LogP contribution in [0.15, 0.2) is 23.6 Å². The topological polar surface area (TPSA) is 58.6 Å². The molecule has 2 aromatic rings. The number of alkyl halides is 3. The summed E-state index contributed by atoms with van der Waals surface area (Å²) >= 11 is 0. The second kappa shape index (κ2) is 3.69. The molecule has 2 aromatic heterocycles. The molecule has 0 aliphatic carbocycles. The number of halogens is 3. The highest BCUT2D eigenvalue weighted by Crippen LogP contribution is 2.25. The van der Waals surface area contributed by atoms with Crippen LogP contribution >= 0.6 is 0 Å². The van der Waals surface area contributed by atoms with Crippen molar-refractivity contribution in [2.45, 2.75) is 6.18 Å². The highest BCUT2D eigenvalue weighted by atomic mass is 19.4. The lowest BCUT2D eigenvalue weighted by Crippen LogP contribution is -2.19. The fraction of sp³-hybridized carbons (Fsp3) is 0.100. The van der Waals surface area contributed by atoms with Crippen molar-refractivity contribution in [2.75, 3.05) is 0 Å². The van der Waals surface area contributed by atoms with E-state index in [4.69, 9.17) is 0 Å². The number of hydrogen-bond donors (Lipinski definition) is 1. The first-order valence-electron chi connectivity index (χ1n) is 4.51. The largest absolute Gasteiger partial charge is 0.449 e. The fourth-order valence-corrected chi connectivity index (χ4v) is 1.29. The van der Waals surface area contributed by atoms with Crippen molar-refractivity contribution in [1.29, 1.82) is 0 Å². The maximum atomic E-state index is 12.4. The van der Waals surface area contributed by atoms with Crippen LogP contribution < -0.4 is 5.56 Å². The number of hydrogen-bond acceptors (Lipinski definition) is 3. The Balaban J connectivity index is 2.79. The second-order valence-electron chi connectivity index (χ2n) is 3.25. The normalized spacial score (nSPS) is 11.7. The van der Waals surface area contributed by atoms with Gasteiger partial charge in [0.05, 0.1) is 5.52 Å². The van der Waals surface area contributed by atoms with Gasteiger partial charge in [-0.05, 0) is 11.6 Å². The maximum absolute atomic E-state index is 12.4. The number of aromatic nitrogens is 3. The second-order valence-corrected chi connectivity index (χ2v) is 3.25. The van der Waals surface area contributed by atoms with E-state index in [-0.39, 0.29) is 11.0 Å². The molecule has 0 atom stereocenters. The summed E-state index contributed by atoms with van der Waals surface area (Å²) in [5, 5.41) is 0. The van der Waals surface area contributed by atoms with Gasteiger partial charge < -0.3 is 4.98 Å². The zero-order chi connectivity index (χ0) is 12.6. The summed E-state index contributed by atoms with van der Waals surface area (Å²) in [6.45, 7) is 3.46. The first-order valence-corrected chi connectivity index (χ1v) is 4.51. The van der Waals surface area contributed by atoms with E-state index in [2.05, 4.69) is 16.5 Å². The van der Waals surface area contributed by atoms with Gasteiger partial charge in [0, 0.05) is 6.20 Å². The molecule has 0 saturated carbocycles. The zero-order valence-electron chi connectivity index (χ0n) is 8.38. The van der Waals surface area contributed by atoms with Gasteiger partial charge in [0.15, 0.2) is 5.52 Å². The van der Waals surface area contributed by atoms with Gasteiger partial charge in [-0.15, -0.1) is 0 Å². The Bertz CT molecular complexity index is 645. The Hall–Kier alpha value is -2.18. The Kier molecular flexibility index (Phi) is 2.45. The van der Waals surface area contributed by atoms with Crippen LogP contribution in [0.4, 0.5) is 13.2 Å². The number of aromatic amines is 1. The molecule has 0 amide bonds. The Labute approximate surface area is 92.8 Å². The number of fused-ring (bicyclic) bond motifs is 1. The summed E-state index contributed by atoms with van der Waals surface area (Å²) in [6, 6.07) is 1.32. The van der Waals surface area contributed by atoms with E-state index in [0.717, 1.165) is 0 Å². The average molecular weight is 241 g/mol. The summed E-state index contributed by atoms with van der Waals surface area (Å²) in [4.78, 5) is 20.1. The highest BCUT2D eigenvalue weighted by molar-refractivity contribution is 5.75. The molecule has 2 heterocycles. The molecule has 2 rings (SSSR count). The van der Waals surface area contributed by atoms with E-state index >= 15 is 0 Å². The number of pyridine rings is 1. The van der Waals surface area contributed by atoms with E-state index in [1.165, 1.54) is 18.3 Å². The zero-order valence-corrected chi connectivity index (χ0v) is 8.38. The molecule has 0 fully saturated rings. The molecule has 0 bridgehead atoms. The molecule has 0 aliphatic rings. The van der Waals surface area contributed by atoms with Gasteiger partial charge in [-0.3, -0.25) is 4.79 Å². The predicted octanol–water partition coefficient (Wildman–Crippen LogP) is 1.98. The van der Waals surface area contributed by atoms with E-state index < -0.39 is 17.6 Å². The van der Waals surface area contributed by atoms with Crippen molar-refractivity contribution >= 4 is 17.1 Å². The predicted molar refractivity (Wildman–Crippen MR) is 55.3 cm³/mol. The molecule has 0 aromatic carbocycles. The maximum Gasteiger partial charge on any atom is 0.449 e. The van der Waals surface area contributed by atoms with Crippen molar-refractivity contribution in [1.82, 2.24) is 15.0 Å². The van der Waals surface area contributed by atoms with Crippen LogP contribution in [0.3, 0.4) is 0 Å². The van der Waals surface area contributed by atoms with Crippen LogP contribution in [0.1, 0.15) is 11.4 Å². The number of rotatable bonds is 1. The van der Waals surface area contributed by atoms with Gasteiger partial charge >= 0.3 is 6.18 Å². The third-order valence-electron chi connectivity index (χ3n) is 2.07. The van der Waals surface area contributed by atoms with Crippen LogP contribution in [-0.4, -0.2) is 15.0 Å². The van der Waals surface area contributed by atoms with Crippen molar-refractivity contribution in [3.8, 4) is 0 Å². The summed E-state index contributed by atoms with van der Waals surface area (Å²) in [5.74, 6) is -1.34. The minimum absolute atomic E-state index is 0.113. The van der Waals surface area contributed by atoms with Crippen molar-refractivity contribution in [3.63, 3.8) is 0 Å². The monoisotopic (exact) mass is 241 g/mol. The Morgan fingerprint density at radius 1 is 1.41 bits per heavy atom. The summed E-state index contributed by atoms with van der Waals surface area (Å²) in [5.41, 5.74) is -0.677. The molecule has 0 aliphatic heterocycles. The minimum Gasteiger partial charge on any atom is -0.301 e. The summed E-state index contributed by atoms with van der Waals surface area (Å²) in [7, 11) is 0. The van der Waals surface area contributed by atoms with Gasteiger partial charge in [0.2, 0.25) is 5.82 Å². The van der Waals surface area contributed by atoms with Crippen LogP contribution in [0.25, 0.3) is 17.1 Å². The van der Waals surface area contributed by atoms with E-state index in [9.17, 15) is 18.0 Å². The van der Waals surface area contributed by atoms with Crippen molar-refractivity contribution < 1.29 is 13.2 Å². The Morgan fingerprint density at radius 2 is 2.12 bits per heavy atom. The lowest BCUT2D eigenvalue weighted by atomic mass is 10.2. The van der Waals surface area contributed by atoms with Crippen LogP contribution in [0.5, 0.6) is 0 Å². The molecule has 4 nitrogen and oxygen atoms in total. The van der Waals surface area contributed by atoms with E-state index in [0.29, 0.717) is 5.56 Å². The number of nitrogens with one attached hydrogen (secondary N) is 1. The van der Waals surface area contributed by atoms with Crippen molar-refractivity contribution in [2.24, 2.45) is 0 Å². The fourth-order valence-electron chi connectivity index (χ4n) is 1.29. The van der Waals surface area contributed by atoms with Gasteiger partial charge in [0.1, 0.15) is 0 Å². The first kappa shape index (κ1) is 11.3. The molecule has 1 N–H and O–H groups in total. The molecule has 0 spiro atoms. The molecule has 88 valence electrons. The van der Waals surface area contributed by atoms with Crippen LogP contribution in [-0.2, 0) is 6.18 Å². The molecular formula is C10H6F3N3O. The lowest BCUT2D eigenvalue weighted by molar-refractivity contribution is -0.144. The standard InChI is InChI=1S/C10H6F3N3O/c1-2-5-3-6-7(14-4-5)8(17)16-9(15-6)10(11,12)13/h2-4H,1H2,(H,15,16,17). The smallest absolute Gasteiger partial charge is 0.301 e. The number of H-pyrrole nitrogens is 1. The Morgan fingerprint density at radius 3 is 2.71 bits per heavy atom. The number of nitrogens with zero attached hydrogens (tertiary/aromatic N) is 2. The average Bonchev–Trinajstić information content (AvgIpc) is 2.27. The van der Waals surface area contributed by atoms with Gasteiger partial charge in [0.25, 0.3) is 5.56 Å². The van der Waals surface area contributed by atoms with Gasteiger partial charge in [-0.25, -0.2) is 9.97 Å².